The molecule has 1 atom stereocenters. The zero-order chi connectivity index (χ0) is 22.7. The van der Waals surface area contributed by atoms with Crippen LogP contribution in [-0.2, 0) is 4.79 Å². The minimum absolute atomic E-state index is 0.0199. The van der Waals surface area contributed by atoms with E-state index < -0.39 is 5.82 Å². The Kier molecular flexibility index (Phi) is 6.72. The molecule has 1 aliphatic rings. The zero-order valence-corrected chi connectivity index (χ0v) is 18.7. The number of hydrogen-bond acceptors (Lipinski definition) is 7. The summed E-state index contributed by atoms with van der Waals surface area (Å²) in [6, 6.07) is 8.29. The number of nitrogens with one attached hydrogen (secondary N) is 1. The van der Waals surface area contributed by atoms with Crippen LogP contribution in [0.25, 0.3) is 10.9 Å². The Morgan fingerprint density at radius 1 is 1.31 bits per heavy atom. The number of Topliss-reactive ketones (excluding diaryl/α,β-unsaturated/α-hetero) is 1. The third-order valence-corrected chi connectivity index (χ3v) is 5.62. The standard InChI is InChI=1S/C23H24ClFN4O3/c1-14(30)11-29-8-4-5-15(12-29)32-21-9-16-19(10-20(21)31-2)26-13-27-23(16)28-18-7-3-6-17(24)22(18)25/h3,6-7,9-10,13,15H,4-5,8,11-12H2,1-2H3,(H,26,27,28). The van der Waals surface area contributed by atoms with E-state index in [0.29, 0.717) is 41.3 Å². The van der Waals surface area contributed by atoms with Crippen molar-refractivity contribution in [2.45, 2.75) is 25.9 Å². The average Bonchev–Trinajstić information content (AvgIpc) is 2.76. The van der Waals surface area contributed by atoms with Gasteiger partial charge in [-0.05, 0) is 44.5 Å². The van der Waals surface area contributed by atoms with Crippen molar-refractivity contribution >= 4 is 39.8 Å². The molecule has 0 saturated carbocycles. The van der Waals surface area contributed by atoms with Crippen LogP contribution in [0.3, 0.4) is 0 Å². The summed E-state index contributed by atoms with van der Waals surface area (Å²) in [6.45, 7) is 3.54. The van der Waals surface area contributed by atoms with Gasteiger partial charge in [0.15, 0.2) is 17.3 Å². The average molecular weight is 459 g/mol. The first kappa shape index (κ1) is 22.2. The van der Waals surface area contributed by atoms with Gasteiger partial charge in [-0.1, -0.05) is 17.7 Å². The van der Waals surface area contributed by atoms with Crippen molar-refractivity contribution in [1.82, 2.24) is 14.9 Å². The molecular formula is C23H24ClFN4O3. The normalized spacial score (nSPS) is 16.7. The highest BCUT2D eigenvalue weighted by molar-refractivity contribution is 6.31. The van der Waals surface area contributed by atoms with Crippen LogP contribution in [0, 0.1) is 5.82 Å². The molecule has 1 unspecified atom stereocenters. The summed E-state index contributed by atoms with van der Waals surface area (Å²) in [4.78, 5) is 22.2. The van der Waals surface area contributed by atoms with Crippen molar-refractivity contribution in [3.8, 4) is 11.5 Å². The number of likely N-dealkylation sites (tertiary alicyclic amines) is 1. The van der Waals surface area contributed by atoms with Gasteiger partial charge in [-0.25, -0.2) is 14.4 Å². The van der Waals surface area contributed by atoms with Gasteiger partial charge in [-0.2, -0.15) is 0 Å². The first-order chi connectivity index (χ1) is 15.4. The molecule has 0 spiro atoms. The number of nitrogens with zero attached hydrogens (tertiary/aromatic N) is 3. The van der Waals surface area contributed by atoms with E-state index in [1.807, 2.05) is 0 Å². The fraction of sp³-hybridized carbons (Fsp3) is 0.348. The summed E-state index contributed by atoms with van der Waals surface area (Å²) in [7, 11) is 1.57. The largest absolute Gasteiger partial charge is 0.493 e. The summed E-state index contributed by atoms with van der Waals surface area (Å²) in [5, 5.41) is 3.67. The van der Waals surface area contributed by atoms with E-state index >= 15 is 0 Å². The molecule has 0 bridgehead atoms. The number of ketones is 1. The Hall–Kier alpha value is -2.97. The number of methoxy groups -OCH3 is 1. The van der Waals surface area contributed by atoms with Gasteiger partial charge in [0.2, 0.25) is 0 Å². The number of anilines is 2. The van der Waals surface area contributed by atoms with Gasteiger partial charge in [0, 0.05) is 18.0 Å². The van der Waals surface area contributed by atoms with Crippen LogP contribution >= 0.6 is 11.6 Å². The number of piperidine rings is 1. The Morgan fingerprint density at radius 3 is 2.94 bits per heavy atom. The van der Waals surface area contributed by atoms with Gasteiger partial charge in [0.05, 0.1) is 29.9 Å². The molecule has 2 heterocycles. The molecule has 7 nitrogen and oxygen atoms in total. The lowest BCUT2D eigenvalue weighted by Crippen LogP contribution is -2.43. The van der Waals surface area contributed by atoms with Crippen molar-refractivity contribution in [2.24, 2.45) is 0 Å². The van der Waals surface area contributed by atoms with E-state index in [0.717, 1.165) is 19.4 Å². The number of halogens is 2. The van der Waals surface area contributed by atoms with Crippen LogP contribution in [-0.4, -0.2) is 53.5 Å². The van der Waals surface area contributed by atoms with E-state index in [4.69, 9.17) is 21.1 Å². The molecule has 32 heavy (non-hydrogen) atoms. The Morgan fingerprint density at radius 2 is 2.16 bits per heavy atom. The number of aromatic nitrogens is 2. The third kappa shape index (κ3) is 4.92. The Labute approximate surface area is 190 Å². The molecule has 1 saturated heterocycles. The predicted octanol–water partition coefficient (Wildman–Crippen LogP) is 4.61. The molecule has 168 valence electrons. The van der Waals surface area contributed by atoms with Crippen LogP contribution in [0.1, 0.15) is 19.8 Å². The van der Waals surface area contributed by atoms with Gasteiger partial charge < -0.3 is 14.8 Å². The number of benzene rings is 2. The summed E-state index contributed by atoms with van der Waals surface area (Å²) in [6.07, 6.45) is 3.13. The van der Waals surface area contributed by atoms with Crippen LogP contribution in [0.4, 0.5) is 15.9 Å². The number of ether oxygens (including phenoxy) is 2. The molecule has 1 aromatic heterocycles. The molecule has 2 aromatic carbocycles. The lowest BCUT2D eigenvalue weighted by molar-refractivity contribution is -0.118. The molecule has 0 aliphatic carbocycles. The van der Waals surface area contributed by atoms with Crippen LogP contribution in [0.5, 0.6) is 11.5 Å². The number of rotatable bonds is 7. The Balaban J connectivity index is 1.65. The second-order valence-corrected chi connectivity index (χ2v) is 8.20. The third-order valence-electron chi connectivity index (χ3n) is 5.33. The summed E-state index contributed by atoms with van der Waals surface area (Å²) in [5.74, 6) is 1.08. The second kappa shape index (κ2) is 9.67. The van der Waals surface area contributed by atoms with Crippen LogP contribution in [0.2, 0.25) is 5.02 Å². The van der Waals surface area contributed by atoms with E-state index in [1.165, 1.54) is 12.4 Å². The summed E-state index contributed by atoms with van der Waals surface area (Å²) >= 11 is 5.91. The second-order valence-electron chi connectivity index (χ2n) is 7.79. The number of carbonyl (C=O) groups is 1. The maximum atomic E-state index is 14.4. The van der Waals surface area contributed by atoms with E-state index in [9.17, 15) is 9.18 Å². The number of carbonyl (C=O) groups excluding carboxylic acids is 1. The molecule has 3 aromatic rings. The number of fused-ring (bicyclic) bond motifs is 1. The lowest BCUT2D eigenvalue weighted by atomic mass is 10.1. The van der Waals surface area contributed by atoms with Crippen molar-refractivity contribution in [3.05, 3.63) is 47.5 Å². The molecule has 0 amide bonds. The fourth-order valence-corrected chi connectivity index (χ4v) is 4.07. The zero-order valence-electron chi connectivity index (χ0n) is 17.9. The topological polar surface area (TPSA) is 76.6 Å². The molecule has 4 rings (SSSR count). The SMILES string of the molecule is COc1cc2ncnc(Nc3cccc(Cl)c3F)c2cc1OC1CCCN(CC(C)=O)C1. The minimum atomic E-state index is -0.557. The summed E-state index contributed by atoms with van der Waals surface area (Å²) in [5.41, 5.74) is 0.832. The molecule has 1 N–H and O–H groups in total. The Bertz CT molecular complexity index is 1140. The van der Waals surface area contributed by atoms with Gasteiger partial charge in [-0.3, -0.25) is 9.69 Å². The van der Waals surface area contributed by atoms with Gasteiger partial charge >= 0.3 is 0 Å². The van der Waals surface area contributed by atoms with Crippen molar-refractivity contribution in [2.75, 3.05) is 32.1 Å². The van der Waals surface area contributed by atoms with Gasteiger partial charge in [0.1, 0.15) is 24.0 Å². The highest BCUT2D eigenvalue weighted by Gasteiger charge is 2.24. The fourth-order valence-electron chi connectivity index (χ4n) is 3.89. The number of hydrogen-bond donors (Lipinski definition) is 1. The van der Waals surface area contributed by atoms with Gasteiger partial charge in [-0.15, -0.1) is 0 Å². The monoisotopic (exact) mass is 458 g/mol. The first-order valence-electron chi connectivity index (χ1n) is 10.4. The quantitative estimate of drug-likeness (QED) is 0.554. The first-order valence-corrected chi connectivity index (χ1v) is 10.7. The lowest BCUT2D eigenvalue weighted by Gasteiger charge is -2.32. The van der Waals surface area contributed by atoms with Crippen molar-refractivity contribution in [1.29, 1.82) is 0 Å². The molecule has 9 heteroatoms. The predicted molar refractivity (Wildman–Crippen MR) is 122 cm³/mol. The summed E-state index contributed by atoms with van der Waals surface area (Å²) < 4.78 is 26.2. The maximum Gasteiger partial charge on any atom is 0.165 e. The van der Waals surface area contributed by atoms with Crippen LogP contribution < -0.4 is 14.8 Å². The molecular weight excluding hydrogens is 435 g/mol. The minimum Gasteiger partial charge on any atom is -0.493 e. The van der Waals surface area contributed by atoms with E-state index in [1.54, 1.807) is 38.3 Å². The van der Waals surface area contributed by atoms with Crippen molar-refractivity contribution < 1.29 is 18.7 Å². The highest BCUT2D eigenvalue weighted by Crippen LogP contribution is 2.36. The van der Waals surface area contributed by atoms with Crippen molar-refractivity contribution in [3.63, 3.8) is 0 Å². The molecule has 1 fully saturated rings. The van der Waals surface area contributed by atoms with E-state index in [-0.39, 0.29) is 22.6 Å². The molecule has 1 aliphatic heterocycles. The van der Waals surface area contributed by atoms with E-state index in [2.05, 4.69) is 20.2 Å². The highest BCUT2D eigenvalue weighted by atomic mass is 35.5. The smallest absolute Gasteiger partial charge is 0.165 e. The van der Waals surface area contributed by atoms with Crippen LogP contribution in [0.15, 0.2) is 36.7 Å². The van der Waals surface area contributed by atoms with Gasteiger partial charge in [0.25, 0.3) is 0 Å². The molecule has 0 radical (unpaired) electrons. The maximum absolute atomic E-state index is 14.4.